The third-order valence-electron chi connectivity index (χ3n) is 2.46. The van der Waals surface area contributed by atoms with Crippen LogP contribution in [0.25, 0.3) is 0 Å². The average molecular weight is 239 g/mol. The summed E-state index contributed by atoms with van der Waals surface area (Å²) in [6.07, 6.45) is 5.52. The molecule has 0 aliphatic heterocycles. The summed E-state index contributed by atoms with van der Waals surface area (Å²) in [4.78, 5) is 0. The van der Waals surface area contributed by atoms with Gasteiger partial charge in [-0.25, -0.2) is 0 Å². The van der Waals surface area contributed by atoms with Gasteiger partial charge in [0.1, 0.15) is 0 Å². The van der Waals surface area contributed by atoms with E-state index in [0.717, 1.165) is 22.9 Å². The molecule has 1 aromatic carbocycles. The third-order valence-corrected chi connectivity index (χ3v) is 2.99. The molecule has 0 spiro atoms. The number of hydrogen-bond acceptors (Lipinski definition) is 1. The zero-order valence-electron chi connectivity index (χ0n) is 7.20. The van der Waals surface area contributed by atoms with E-state index in [2.05, 4.69) is 15.9 Å². The number of aliphatic hydroxyl groups is 1. The smallest absolute Gasteiger partial charge is 0.0965 e. The van der Waals surface area contributed by atoms with Crippen LogP contribution in [0.1, 0.15) is 18.4 Å². The average Bonchev–Trinajstić information content (AvgIpc) is 2.54. The quantitative estimate of drug-likeness (QED) is 0.747. The van der Waals surface area contributed by atoms with Crippen LogP contribution in [-0.2, 0) is 5.60 Å². The molecule has 1 nitrogen and oxygen atoms in total. The van der Waals surface area contributed by atoms with Gasteiger partial charge < -0.3 is 5.11 Å². The molecule has 1 aromatic rings. The lowest BCUT2D eigenvalue weighted by Gasteiger charge is -2.22. The summed E-state index contributed by atoms with van der Waals surface area (Å²) in [5, 5.41) is 10.2. The molecule has 13 heavy (non-hydrogen) atoms. The van der Waals surface area contributed by atoms with Gasteiger partial charge >= 0.3 is 0 Å². The van der Waals surface area contributed by atoms with E-state index in [1.807, 2.05) is 36.4 Å². The van der Waals surface area contributed by atoms with Gasteiger partial charge in [-0.05, 0) is 30.5 Å². The normalized spacial score (nSPS) is 19.2. The van der Waals surface area contributed by atoms with E-state index in [-0.39, 0.29) is 0 Å². The van der Waals surface area contributed by atoms with Gasteiger partial charge in [-0.3, -0.25) is 0 Å². The summed E-state index contributed by atoms with van der Waals surface area (Å²) in [5.41, 5.74) is 0.349. The largest absolute Gasteiger partial charge is 0.385 e. The first-order chi connectivity index (χ1) is 6.21. The standard InChI is InChI=1S/C11H11BrO/c12-10-5-3-9(4-6-10)11(13)7-1-2-8-11/h1-6,13H,7-8H2. The molecule has 1 aliphatic rings. The Hall–Kier alpha value is -0.600. The van der Waals surface area contributed by atoms with E-state index in [0.29, 0.717) is 0 Å². The fourth-order valence-electron chi connectivity index (χ4n) is 1.64. The predicted molar refractivity (Wildman–Crippen MR) is 56.4 cm³/mol. The first-order valence-corrected chi connectivity index (χ1v) is 5.13. The summed E-state index contributed by atoms with van der Waals surface area (Å²) >= 11 is 3.37. The topological polar surface area (TPSA) is 20.2 Å². The minimum atomic E-state index is -0.652. The lowest BCUT2D eigenvalue weighted by Crippen LogP contribution is -2.20. The van der Waals surface area contributed by atoms with Crippen LogP contribution in [-0.4, -0.2) is 5.11 Å². The summed E-state index contributed by atoms with van der Waals surface area (Å²) in [7, 11) is 0. The highest BCUT2D eigenvalue weighted by Gasteiger charge is 2.29. The van der Waals surface area contributed by atoms with Crippen molar-refractivity contribution in [2.45, 2.75) is 18.4 Å². The molecule has 0 atom stereocenters. The zero-order chi connectivity index (χ0) is 9.31. The van der Waals surface area contributed by atoms with E-state index < -0.39 is 5.60 Å². The van der Waals surface area contributed by atoms with Crippen molar-refractivity contribution in [2.24, 2.45) is 0 Å². The second-order valence-electron chi connectivity index (χ2n) is 3.42. The van der Waals surface area contributed by atoms with Crippen molar-refractivity contribution < 1.29 is 5.11 Å². The first-order valence-electron chi connectivity index (χ1n) is 4.34. The van der Waals surface area contributed by atoms with E-state index in [9.17, 15) is 5.11 Å². The maximum absolute atomic E-state index is 10.2. The molecule has 2 heteroatoms. The number of halogens is 1. The van der Waals surface area contributed by atoms with Crippen LogP contribution in [0.5, 0.6) is 0 Å². The van der Waals surface area contributed by atoms with E-state index in [1.165, 1.54) is 0 Å². The highest BCUT2D eigenvalue weighted by atomic mass is 79.9. The Morgan fingerprint density at radius 2 is 1.62 bits per heavy atom. The molecule has 0 aromatic heterocycles. The molecule has 0 fully saturated rings. The van der Waals surface area contributed by atoms with Crippen molar-refractivity contribution in [3.05, 3.63) is 46.5 Å². The number of rotatable bonds is 1. The van der Waals surface area contributed by atoms with Gasteiger partial charge in [-0.15, -0.1) is 0 Å². The van der Waals surface area contributed by atoms with E-state index in [1.54, 1.807) is 0 Å². The Bertz CT molecular complexity index is 318. The van der Waals surface area contributed by atoms with Gasteiger partial charge in [-0.2, -0.15) is 0 Å². The van der Waals surface area contributed by atoms with Crippen LogP contribution < -0.4 is 0 Å². The molecule has 68 valence electrons. The molecular weight excluding hydrogens is 228 g/mol. The van der Waals surface area contributed by atoms with Crippen molar-refractivity contribution in [1.29, 1.82) is 0 Å². The minimum Gasteiger partial charge on any atom is -0.385 e. The first kappa shape index (κ1) is 8.97. The maximum atomic E-state index is 10.2. The molecule has 0 saturated carbocycles. The van der Waals surface area contributed by atoms with Crippen LogP contribution in [0, 0.1) is 0 Å². The van der Waals surface area contributed by atoms with Crippen molar-refractivity contribution >= 4 is 15.9 Å². The fraction of sp³-hybridized carbons (Fsp3) is 0.273. The predicted octanol–water partition coefficient (Wildman–Crippen LogP) is 2.99. The summed E-state index contributed by atoms with van der Waals surface area (Å²) in [6.45, 7) is 0. The Morgan fingerprint density at radius 1 is 1.08 bits per heavy atom. The van der Waals surface area contributed by atoms with Gasteiger partial charge in [0.05, 0.1) is 5.60 Å². The third kappa shape index (κ3) is 1.69. The van der Waals surface area contributed by atoms with Crippen LogP contribution in [0.15, 0.2) is 40.9 Å². The lowest BCUT2D eigenvalue weighted by molar-refractivity contribution is 0.0509. The van der Waals surface area contributed by atoms with Gasteiger partial charge in [0.25, 0.3) is 0 Å². The molecular formula is C11H11BrO. The minimum absolute atomic E-state index is 0.652. The SMILES string of the molecule is OC1(c2ccc(Br)cc2)CC=CC1. The van der Waals surface area contributed by atoms with Crippen molar-refractivity contribution in [3.8, 4) is 0 Å². The van der Waals surface area contributed by atoms with Crippen molar-refractivity contribution in [1.82, 2.24) is 0 Å². The summed E-state index contributed by atoms with van der Waals surface area (Å²) < 4.78 is 1.05. The Labute approximate surface area is 86.2 Å². The Balaban J connectivity index is 2.30. The molecule has 0 heterocycles. The molecule has 0 unspecified atom stereocenters. The monoisotopic (exact) mass is 238 g/mol. The van der Waals surface area contributed by atoms with Crippen LogP contribution in [0.3, 0.4) is 0 Å². The van der Waals surface area contributed by atoms with Gasteiger partial charge in [0.2, 0.25) is 0 Å². The lowest BCUT2D eigenvalue weighted by atomic mass is 9.92. The highest BCUT2D eigenvalue weighted by molar-refractivity contribution is 9.10. The van der Waals surface area contributed by atoms with Gasteiger partial charge in [0, 0.05) is 4.47 Å². The molecule has 2 rings (SSSR count). The molecule has 0 bridgehead atoms. The molecule has 1 N–H and O–H groups in total. The molecule has 0 radical (unpaired) electrons. The summed E-state index contributed by atoms with van der Waals surface area (Å²) in [5.74, 6) is 0. The van der Waals surface area contributed by atoms with E-state index in [4.69, 9.17) is 0 Å². The highest BCUT2D eigenvalue weighted by Crippen LogP contribution is 2.34. The van der Waals surface area contributed by atoms with Crippen LogP contribution in [0.2, 0.25) is 0 Å². The van der Waals surface area contributed by atoms with Crippen LogP contribution >= 0.6 is 15.9 Å². The van der Waals surface area contributed by atoms with Crippen molar-refractivity contribution in [2.75, 3.05) is 0 Å². The van der Waals surface area contributed by atoms with Gasteiger partial charge in [-0.1, -0.05) is 40.2 Å². The number of benzene rings is 1. The second-order valence-corrected chi connectivity index (χ2v) is 4.33. The summed E-state index contributed by atoms with van der Waals surface area (Å²) in [6, 6.07) is 7.87. The van der Waals surface area contributed by atoms with Crippen LogP contribution in [0.4, 0.5) is 0 Å². The van der Waals surface area contributed by atoms with E-state index >= 15 is 0 Å². The molecule has 0 saturated heterocycles. The Kier molecular flexibility index (Phi) is 2.26. The fourth-order valence-corrected chi connectivity index (χ4v) is 1.90. The molecule has 0 amide bonds. The number of hydrogen-bond donors (Lipinski definition) is 1. The zero-order valence-corrected chi connectivity index (χ0v) is 8.79. The van der Waals surface area contributed by atoms with Gasteiger partial charge in [0.15, 0.2) is 0 Å². The van der Waals surface area contributed by atoms with Crippen molar-refractivity contribution in [3.63, 3.8) is 0 Å². The molecule has 1 aliphatic carbocycles. The Morgan fingerprint density at radius 3 is 2.15 bits per heavy atom. The maximum Gasteiger partial charge on any atom is 0.0965 e. The second kappa shape index (κ2) is 3.28.